The van der Waals surface area contributed by atoms with Gasteiger partial charge in [0.15, 0.2) is 5.96 Å². The molecule has 3 nitrogen and oxygen atoms in total. The summed E-state index contributed by atoms with van der Waals surface area (Å²) in [6.07, 6.45) is 1.02. The Kier molecular flexibility index (Phi) is 4.19. The van der Waals surface area contributed by atoms with E-state index >= 15 is 0 Å². The molecule has 1 atom stereocenters. The molecule has 0 amide bonds. The average molecular weight is 240 g/mol. The van der Waals surface area contributed by atoms with Crippen LogP contribution >= 0.6 is 12.4 Å². The van der Waals surface area contributed by atoms with Crippen molar-refractivity contribution in [2.75, 3.05) is 6.54 Å². The van der Waals surface area contributed by atoms with Crippen molar-refractivity contribution in [1.82, 2.24) is 5.32 Å². The number of nitrogens with zero attached hydrogens (tertiary/aromatic N) is 1. The van der Waals surface area contributed by atoms with Crippen LogP contribution in [-0.2, 0) is 0 Å². The van der Waals surface area contributed by atoms with Crippen molar-refractivity contribution in [2.24, 2.45) is 10.7 Å². The lowest BCUT2D eigenvalue weighted by molar-refractivity contribution is 0.568. The van der Waals surface area contributed by atoms with Gasteiger partial charge in [-0.05, 0) is 25.8 Å². The molecule has 0 fully saturated rings. The minimum Gasteiger partial charge on any atom is -0.370 e. The third-order valence-electron chi connectivity index (χ3n) is 2.67. The van der Waals surface area contributed by atoms with Crippen molar-refractivity contribution in [2.45, 2.75) is 26.3 Å². The zero-order valence-electron chi connectivity index (χ0n) is 9.66. The van der Waals surface area contributed by atoms with Crippen LogP contribution in [0.3, 0.4) is 0 Å². The maximum Gasteiger partial charge on any atom is 0.189 e. The first-order valence-corrected chi connectivity index (χ1v) is 5.30. The van der Waals surface area contributed by atoms with E-state index in [0.717, 1.165) is 13.0 Å². The van der Waals surface area contributed by atoms with Crippen LogP contribution in [0.4, 0.5) is 0 Å². The molecule has 0 spiro atoms. The summed E-state index contributed by atoms with van der Waals surface area (Å²) in [4.78, 5) is 4.13. The van der Waals surface area contributed by atoms with Crippen molar-refractivity contribution in [3.8, 4) is 0 Å². The summed E-state index contributed by atoms with van der Waals surface area (Å²) in [5.41, 5.74) is 9.59. The van der Waals surface area contributed by atoms with Gasteiger partial charge in [0, 0.05) is 6.54 Å². The highest BCUT2D eigenvalue weighted by Crippen LogP contribution is 2.21. The average Bonchev–Trinajstić information content (AvgIpc) is 2.16. The first kappa shape index (κ1) is 12.8. The zero-order valence-corrected chi connectivity index (χ0v) is 10.5. The number of nitrogens with one attached hydrogen (secondary N) is 1. The Morgan fingerprint density at radius 3 is 2.44 bits per heavy atom. The minimum absolute atomic E-state index is 0. The fraction of sp³-hybridized carbons (Fsp3) is 0.417. The van der Waals surface area contributed by atoms with E-state index in [0.29, 0.717) is 12.0 Å². The number of hydrogen-bond acceptors (Lipinski definition) is 3. The smallest absolute Gasteiger partial charge is 0.189 e. The Bertz CT molecular complexity index is 381. The van der Waals surface area contributed by atoms with Crippen molar-refractivity contribution in [1.29, 1.82) is 0 Å². The Labute approximate surface area is 103 Å². The molecule has 1 aliphatic rings. The normalized spacial score (nSPS) is 19.4. The van der Waals surface area contributed by atoms with Crippen LogP contribution in [0.5, 0.6) is 0 Å². The summed E-state index contributed by atoms with van der Waals surface area (Å²) in [6, 6.07) is 6.93. The number of halogens is 1. The van der Waals surface area contributed by atoms with Gasteiger partial charge in [-0.25, -0.2) is 0 Å². The monoisotopic (exact) mass is 239 g/mol. The molecule has 0 saturated heterocycles. The third-order valence-corrected chi connectivity index (χ3v) is 2.67. The van der Waals surface area contributed by atoms with E-state index in [2.05, 4.69) is 42.4 Å². The molecule has 0 aliphatic carbocycles. The van der Waals surface area contributed by atoms with Gasteiger partial charge in [-0.1, -0.05) is 29.3 Å². The molecule has 1 heterocycles. The van der Waals surface area contributed by atoms with Gasteiger partial charge in [-0.15, -0.1) is 12.4 Å². The highest BCUT2D eigenvalue weighted by atomic mass is 35.5. The molecule has 0 saturated carbocycles. The Morgan fingerprint density at radius 1 is 1.25 bits per heavy atom. The fourth-order valence-electron chi connectivity index (χ4n) is 2.07. The lowest BCUT2D eigenvalue weighted by Crippen LogP contribution is -2.38. The highest BCUT2D eigenvalue weighted by molar-refractivity contribution is 5.85. The summed E-state index contributed by atoms with van der Waals surface area (Å²) >= 11 is 0. The molecule has 1 unspecified atom stereocenters. The number of hydrogen-bond donors (Lipinski definition) is 2. The molecular formula is C12H18ClN3. The van der Waals surface area contributed by atoms with Gasteiger partial charge in [-0.2, -0.15) is 0 Å². The van der Waals surface area contributed by atoms with Gasteiger partial charge < -0.3 is 11.1 Å². The molecule has 4 heteroatoms. The lowest BCUT2D eigenvalue weighted by Gasteiger charge is -2.23. The van der Waals surface area contributed by atoms with Gasteiger partial charge in [0.05, 0.1) is 6.04 Å². The summed E-state index contributed by atoms with van der Waals surface area (Å²) in [5.74, 6) is 0.561. The third kappa shape index (κ3) is 2.89. The minimum atomic E-state index is 0. The second-order valence-electron chi connectivity index (χ2n) is 4.17. The molecule has 1 aliphatic heterocycles. The molecule has 88 valence electrons. The number of rotatable bonds is 1. The van der Waals surface area contributed by atoms with E-state index in [1.165, 1.54) is 16.7 Å². The number of aryl methyl sites for hydroxylation is 2. The second kappa shape index (κ2) is 5.21. The van der Waals surface area contributed by atoms with Crippen LogP contribution in [0.15, 0.2) is 23.2 Å². The lowest BCUT2D eigenvalue weighted by atomic mass is 9.98. The van der Waals surface area contributed by atoms with Crippen LogP contribution in [0.2, 0.25) is 0 Å². The first-order valence-electron chi connectivity index (χ1n) is 5.30. The molecule has 3 N–H and O–H groups in total. The largest absolute Gasteiger partial charge is 0.370 e. The second-order valence-corrected chi connectivity index (χ2v) is 4.17. The molecule has 0 aromatic heterocycles. The van der Waals surface area contributed by atoms with Crippen molar-refractivity contribution < 1.29 is 0 Å². The van der Waals surface area contributed by atoms with Gasteiger partial charge >= 0.3 is 0 Å². The summed E-state index contributed by atoms with van der Waals surface area (Å²) in [5, 5.41) is 3.21. The SMILES string of the molecule is Cc1cc(C)cc(C2CCN=C(N)N2)c1.Cl. The predicted octanol–water partition coefficient (Wildman–Crippen LogP) is 2.07. The number of benzene rings is 1. The maximum absolute atomic E-state index is 5.68. The van der Waals surface area contributed by atoms with E-state index in [4.69, 9.17) is 5.73 Å². The van der Waals surface area contributed by atoms with Gasteiger partial charge in [0.1, 0.15) is 0 Å². The number of guanidine groups is 1. The standard InChI is InChI=1S/C12H17N3.ClH/c1-8-5-9(2)7-10(6-8)11-3-4-14-12(13)15-11;/h5-7,11H,3-4H2,1-2H3,(H3,13,14,15);1H. The molecule has 1 aromatic rings. The summed E-state index contributed by atoms with van der Waals surface area (Å²) < 4.78 is 0. The number of nitrogens with two attached hydrogens (primary N) is 1. The Morgan fingerprint density at radius 2 is 1.88 bits per heavy atom. The van der Waals surface area contributed by atoms with Gasteiger partial charge in [-0.3, -0.25) is 4.99 Å². The molecule has 0 radical (unpaired) electrons. The maximum atomic E-state index is 5.68. The van der Waals surface area contributed by atoms with E-state index in [1.807, 2.05) is 0 Å². The van der Waals surface area contributed by atoms with Crippen LogP contribution in [0, 0.1) is 13.8 Å². The van der Waals surface area contributed by atoms with E-state index in [9.17, 15) is 0 Å². The van der Waals surface area contributed by atoms with E-state index in [1.54, 1.807) is 0 Å². The summed E-state index contributed by atoms with van der Waals surface area (Å²) in [7, 11) is 0. The van der Waals surface area contributed by atoms with Crippen LogP contribution in [0.1, 0.15) is 29.2 Å². The van der Waals surface area contributed by atoms with E-state index in [-0.39, 0.29) is 12.4 Å². The van der Waals surface area contributed by atoms with Gasteiger partial charge in [0.25, 0.3) is 0 Å². The molecule has 1 aromatic carbocycles. The Hall–Kier alpha value is -1.22. The molecule has 16 heavy (non-hydrogen) atoms. The number of aliphatic imine (C=N–C) groups is 1. The molecule has 2 rings (SSSR count). The first-order chi connectivity index (χ1) is 7.15. The van der Waals surface area contributed by atoms with Crippen LogP contribution < -0.4 is 11.1 Å². The van der Waals surface area contributed by atoms with Crippen molar-refractivity contribution in [3.63, 3.8) is 0 Å². The van der Waals surface area contributed by atoms with Crippen LogP contribution in [0.25, 0.3) is 0 Å². The van der Waals surface area contributed by atoms with Gasteiger partial charge in [0.2, 0.25) is 0 Å². The highest BCUT2D eigenvalue weighted by Gasteiger charge is 2.15. The van der Waals surface area contributed by atoms with Crippen molar-refractivity contribution in [3.05, 3.63) is 34.9 Å². The topological polar surface area (TPSA) is 50.4 Å². The fourth-order valence-corrected chi connectivity index (χ4v) is 2.07. The van der Waals surface area contributed by atoms with E-state index < -0.39 is 0 Å². The molecule has 0 bridgehead atoms. The van der Waals surface area contributed by atoms with Crippen molar-refractivity contribution >= 4 is 18.4 Å². The molecular weight excluding hydrogens is 222 g/mol. The van der Waals surface area contributed by atoms with Crippen LogP contribution in [-0.4, -0.2) is 12.5 Å². The predicted molar refractivity (Wildman–Crippen MR) is 70.1 cm³/mol. The Balaban J connectivity index is 0.00000128. The zero-order chi connectivity index (χ0) is 10.8. The quantitative estimate of drug-likeness (QED) is 0.789. The summed E-state index contributed by atoms with van der Waals surface area (Å²) in [6.45, 7) is 5.06.